The summed E-state index contributed by atoms with van der Waals surface area (Å²) in [5.41, 5.74) is 0.964. The number of hydrogen-bond acceptors (Lipinski definition) is 6. The number of aromatic nitrogens is 2. The maximum atomic E-state index is 12.3. The van der Waals surface area contributed by atoms with Crippen LogP contribution in [0.5, 0.6) is 0 Å². The first-order valence-electron chi connectivity index (χ1n) is 9.05. The van der Waals surface area contributed by atoms with E-state index in [2.05, 4.69) is 11.0 Å². The number of carbonyl (C=O) groups is 1. The summed E-state index contributed by atoms with van der Waals surface area (Å²) in [5, 5.41) is 2.05. The molecule has 1 saturated heterocycles. The first-order valence-corrected chi connectivity index (χ1v) is 9.93. The normalized spacial score (nSPS) is 22.4. The maximum Gasteiger partial charge on any atom is 0.146 e. The van der Waals surface area contributed by atoms with E-state index >= 15 is 0 Å². The fourth-order valence-electron chi connectivity index (χ4n) is 3.42. The Balaban J connectivity index is 1.62. The van der Waals surface area contributed by atoms with Crippen molar-refractivity contribution in [2.24, 2.45) is 0 Å². The summed E-state index contributed by atoms with van der Waals surface area (Å²) < 4.78 is 5.42. The molecular formula is C19H23N3O2S. The van der Waals surface area contributed by atoms with Crippen molar-refractivity contribution in [3.8, 4) is 0 Å². The molecule has 1 atom stereocenters. The Morgan fingerprint density at radius 2 is 2.00 bits per heavy atom. The zero-order valence-electron chi connectivity index (χ0n) is 14.3. The van der Waals surface area contributed by atoms with Gasteiger partial charge in [0.05, 0.1) is 30.5 Å². The van der Waals surface area contributed by atoms with Crippen molar-refractivity contribution in [1.82, 2.24) is 14.9 Å². The summed E-state index contributed by atoms with van der Waals surface area (Å²) in [6.45, 7) is 4.11. The Morgan fingerprint density at radius 3 is 2.84 bits per heavy atom. The highest BCUT2D eigenvalue weighted by Crippen LogP contribution is 2.34. The summed E-state index contributed by atoms with van der Waals surface area (Å²) in [6, 6.07) is 8.12. The second kappa shape index (κ2) is 7.81. The number of nitrogens with zero attached hydrogens (tertiary/aromatic N) is 3. The third-order valence-corrected chi connectivity index (χ3v) is 6.15. The molecule has 2 aromatic rings. The number of morpholine rings is 1. The second-order valence-electron chi connectivity index (χ2n) is 6.67. The maximum absolute atomic E-state index is 12.3. The van der Waals surface area contributed by atoms with Crippen molar-refractivity contribution in [2.75, 3.05) is 26.3 Å². The average Bonchev–Trinajstić information content (AvgIpc) is 2.64. The lowest BCUT2D eigenvalue weighted by atomic mass is 9.99. The van der Waals surface area contributed by atoms with Crippen LogP contribution in [0.2, 0.25) is 0 Å². The van der Waals surface area contributed by atoms with E-state index in [4.69, 9.17) is 14.7 Å². The molecule has 4 rings (SSSR count). The van der Waals surface area contributed by atoms with Gasteiger partial charge < -0.3 is 4.74 Å². The number of ketones is 1. The van der Waals surface area contributed by atoms with Gasteiger partial charge in [0.25, 0.3) is 0 Å². The quantitative estimate of drug-likeness (QED) is 0.784. The highest BCUT2D eigenvalue weighted by atomic mass is 32.2. The molecule has 1 unspecified atom stereocenters. The first-order chi connectivity index (χ1) is 12.3. The van der Waals surface area contributed by atoms with Gasteiger partial charge in [-0.05, 0) is 18.9 Å². The minimum absolute atomic E-state index is 0.0447. The Labute approximate surface area is 152 Å². The van der Waals surface area contributed by atoms with Crippen LogP contribution in [0.15, 0.2) is 29.3 Å². The highest BCUT2D eigenvalue weighted by Gasteiger charge is 2.25. The van der Waals surface area contributed by atoms with E-state index < -0.39 is 0 Å². The molecule has 1 aliphatic carbocycles. The molecular weight excluding hydrogens is 334 g/mol. The van der Waals surface area contributed by atoms with E-state index in [-0.39, 0.29) is 5.25 Å². The molecule has 1 saturated carbocycles. The van der Waals surface area contributed by atoms with Crippen molar-refractivity contribution in [2.45, 2.75) is 42.5 Å². The third kappa shape index (κ3) is 4.02. The van der Waals surface area contributed by atoms with Gasteiger partial charge in [0.1, 0.15) is 16.6 Å². The van der Waals surface area contributed by atoms with Crippen LogP contribution in [0.1, 0.15) is 31.5 Å². The third-order valence-electron chi connectivity index (χ3n) is 4.84. The minimum Gasteiger partial charge on any atom is -0.379 e. The SMILES string of the molecule is O=C1CCCCC1Sc1nc(CN2CCOCC2)nc2ccccc12. The zero-order chi connectivity index (χ0) is 17.1. The molecule has 5 nitrogen and oxygen atoms in total. The molecule has 25 heavy (non-hydrogen) atoms. The highest BCUT2D eigenvalue weighted by molar-refractivity contribution is 8.00. The Bertz CT molecular complexity index is 761. The van der Waals surface area contributed by atoms with Gasteiger partial charge in [0.15, 0.2) is 0 Å². The smallest absolute Gasteiger partial charge is 0.146 e. The van der Waals surface area contributed by atoms with E-state index in [0.29, 0.717) is 12.2 Å². The fourth-order valence-corrected chi connectivity index (χ4v) is 4.68. The van der Waals surface area contributed by atoms with Crippen molar-refractivity contribution >= 4 is 28.4 Å². The minimum atomic E-state index is 0.0447. The molecule has 2 aliphatic rings. The van der Waals surface area contributed by atoms with Crippen LogP contribution in [-0.2, 0) is 16.1 Å². The molecule has 0 amide bonds. The summed E-state index contributed by atoms with van der Waals surface area (Å²) in [7, 11) is 0. The molecule has 1 aromatic carbocycles. The van der Waals surface area contributed by atoms with Crippen LogP contribution in [0.4, 0.5) is 0 Å². The van der Waals surface area contributed by atoms with Crippen LogP contribution in [0, 0.1) is 0 Å². The molecule has 2 fully saturated rings. The Morgan fingerprint density at radius 1 is 1.16 bits per heavy atom. The number of rotatable bonds is 4. The van der Waals surface area contributed by atoms with E-state index in [1.54, 1.807) is 11.8 Å². The number of carbonyl (C=O) groups excluding carboxylic acids is 1. The standard InChI is InChI=1S/C19H23N3O2S/c23-16-7-3-4-8-17(16)25-19-14-5-1-2-6-15(14)20-18(21-19)13-22-9-11-24-12-10-22/h1-2,5-6,17H,3-4,7-13H2. The van der Waals surface area contributed by atoms with Crippen LogP contribution in [0.25, 0.3) is 10.9 Å². The number of Topliss-reactive ketones (excluding diaryl/α,β-unsaturated/α-hetero) is 1. The van der Waals surface area contributed by atoms with Crippen LogP contribution in [-0.4, -0.2) is 52.2 Å². The molecule has 1 aliphatic heterocycles. The van der Waals surface area contributed by atoms with Gasteiger partial charge in [-0.3, -0.25) is 9.69 Å². The lowest BCUT2D eigenvalue weighted by Crippen LogP contribution is -2.36. The van der Waals surface area contributed by atoms with Gasteiger partial charge in [-0.1, -0.05) is 36.4 Å². The average molecular weight is 357 g/mol. The molecule has 0 spiro atoms. The molecule has 0 bridgehead atoms. The van der Waals surface area contributed by atoms with Crippen molar-refractivity contribution in [3.05, 3.63) is 30.1 Å². The summed E-state index contributed by atoms with van der Waals surface area (Å²) >= 11 is 1.63. The number of benzene rings is 1. The predicted molar refractivity (Wildman–Crippen MR) is 98.8 cm³/mol. The van der Waals surface area contributed by atoms with Crippen LogP contribution in [0.3, 0.4) is 0 Å². The molecule has 2 heterocycles. The van der Waals surface area contributed by atoms with Gasteiger partial charge in [-0.2, -0.15) is 0 Å². The first kappa shape index (κ1) is 16.9. The molecule has 0 N–H and O–H groups in total. The monoisotopic (exact) mass is 357 g/mol. The molecule has 1 aromatic heterocycles. The van der Waals surface area contributed by atoms with Crippen molar-refractivity contribution in [3.63, 3.8) is 0 Å². The van der Waals surface area contributed by atoms with Crippen LogP contribution < -0.4 is 0 Å². The Hall–Kier alpha value is -1.50. The lowest BCUT2D eigenvalue weighted by molar-refractivity contribution is -0.119. The topological polar surface area (TPSA) is 55.3 Å². The van der Waals surface area contributed by atoms with E-state index in [0.717, 1.165) is 73.9 Å². The number of ether oxygens (including phenoxy) is 1. The number of para-hydroxylation sites is 1. The second-order valence-corrected chi connectivity index (χ2v) is 7.86. The summed E-state index contributed by atoms with van der Waals surface area (Å²) in [4.78, 5) is 24.2. The van der Waals surface area contributed by atoms with Gasteiger partial charge >= 0.3 is 0 Å². The predicted octanol–water partition coefficient (Wildman–Crippen LogP) is 3.07. The van der Waals surface area contributed by atoms with Gasteiger partial charge in [0, 0.05) is 24.9 Å². The van der Waals surface area contributed by atoms with Crippen molar-refractivity contribution in [1.29, 1.82) is 0 Å². The van der Waals surface area contributed by atoms with E-state index in [1.165, 1.54) is 0 Å². The Kier molecular flexibility index (Phi) is 5.29. The summed E-state index contributed by atoms with van der Waals surface area (Å²) in [6.07, 6.45) is 3.83. The number of hydrogen-bond donors (Lipinski definition) is 0. The molecule has 0 radical (unpaired) electrons. The number of thioether (sulfide) groups is 1. The van der Waals surface area contributed by atoms with Gasteiger partial charge in [-0.15, -0.1) is 0 Å². The summed E-state index contributed by atoms with van der Waals surface area (Å²) in [5.74, 6) is 1.21. The van der Waals surface area contributed by atoms with Gasteiger partial charge in [0.2, 0.25) is 0 Å². The van der Waals surface area contributed by atoms with E-state index in [1.807, 2.05) is 18.2 Å². The number of fused-ring (bicyclic) bond motifs is 1. The van der Waals surface area contributed by atoms with Crippen LogP contribution >= 0.6 is 11.8 Å². The van der Waals surface area contributed by atoms with Gasteiger partial charge in [-0.25, -0.2) is 9.97 Å². The zero-order valence-corrected chi connectivity index (χ0v) is 15.1. The van der Waals surface area contributed by atoms with Crippen molar-refractivity contribution < 1.29 is 9.53 Å². The molecule has 6 heteroatoms. The largest absolute Gasteiger partial charge is 0.379 e. The van der Waals surface area contributed by atoms with E-state index in [9.17, 15) is 4.79 Å². The lowest BCUT2D eigenvalue weighted by Gasteiger charge is -2.26. The fraction of sp³-hybridized carbons (Fsp3) is 0.526. The molecule has 132 valence electrons.